The molecule has 1 heterocycles. The molecule has 0 unspecified atom stereocenters. The quantitative estimate of drug-likeness (QED) is 0.788. The summed E-state index contributed by atoms with van der Waals surface area (Å²) in [5.41, 5.74) is 1.31. The van der Waals surface area contributed by atoms with Crippen LogP contribution in [0.5, 0.6) is 0 Å². The van der Waals surface area contributed by atoms with Gasteiger partial charge in [0.15, 0.2) is 0 Å². The van der Waals surface area contributed by atoms with Gasteiger partial charge in [-0.05, 0) is 45.0 Å². The van der Waals surface area contributed by atoms with Crippen LogP contribution in [0.4, 0.5) is 10.5 Å². The van der Waals surface area contributed by atoms with Crippen molar-refractivity contribution >= 4 is 30.0 Å². The molecule has 7 heteroatoms. The molecule has 23 heavy (non-hydrogen) atoms. The maximum atomic E-state index is 12.5. The zero-order valence-corrected chi connectivity index (χ0v) is 14.6. The highest BCUT2D eigenvalue weighted by Crippen LogP contribution is 2.14. The molecule has 1 atom stereocenters. The Balaban J connectivity index is 0.00000264. The molecule has 1 saturated heterocycles. The van der Waals surface area contributed by atoms with Crippen LogP contribution in [0, 0.1) is 0 Å². The van der Waals surface area contributed by atoms with Crippen molar-refractivity contribution < 1.29 is 9.59 Å². The van der Waals surface area contributed by atoms with E-state index < -0.39 is 0 Å². The highest BCUT2D eigenvalue weighted by Gasteiger charge is 2.23. The number of nitrogens with zero attached hydrogens (tertiary/aromatic N) is 1. The number of amides is 3. The molecule has 0 saturated carbocycles. The summed E-state index contributed by atoms with van der Waals surface area (Å²) < 4.78 is 0. The molecule has 3 N–H and O–H groups in total. The summed E-state index contributed by atoms with van der Waals surface area (Å²) in [5.74, 6) is 0.0344. The first-order valence-corrected chi connectivity index (χ1v) is 7.66. The number of anilines is 1. The highest BCUT2D eigenvalue weighted by molar-refractivity contribution is 5.95. The fraction of sp³-hybridized carbons (Fsp3) is 0.500. The molecule has 1 aliphatic heterocycles. The summed E-state index contributed by atoms with van der Waals surface area (Å²) in [7, 11) is 0. The molecular formula is C16H25ClN4O2. The molecule has 1 aromatic carbocycles. The van der Waals surface area contributed by atoms with E-state index >= 15 is 0 Å². The van der Waals surface area contributed by atoms with Crippen LogP contribution in [-0.4, -0.2) is 48.6 Å². The normalized spacial score (nSPS) is 17.4. The number of hydrogen-bond acceptors (Lipinski definition) is 3. The van der Waals surface area contributed by atoms with Gasteiger partial charge in [0.25, 0.3) is 5.91 Å². The minimum absolute atomic E-state index is 0. The Morgan fingerprint density at radius 1 is 1.26 bits per heavy atom. The van der Waals surface area contributed by atoms with Crippen LogP contribution >= 0.6 is 12.4 Å². The molecule has 128 valence electrons. The average molecular weight is 341 g/mol. The van der Waals surface area contributed by atoms with Crippen LogP contribution in [0.1, 0.15) is 31.1 Å². The van der Waals surface area contributed by atoms with Crippen LogP contribution in [0.3, 0.4) is 0 Å². The summed E-state index contributed by atoms with van der Waals surface area (Å²) in [5, 5.41) is 8.77. The minimum atomic E-state index is -0.246. The average Bonchev–Trinajstić information content (AvgIpc) is 2.47. The van der Waals surface area contributed by atoms with Crippen molar-refractivity contribution in [3.63, 3.8) is 0 Å². The summed E-state index contributed by atoms with van der Waals surface area (Å²) in [6.45, 7) is 8.20. The zero-order chi connectivity index (χ0) is 16.1. The third-order valence-electron chi connectivity index (χ3n) is 3.57. The van der Waals surface area contributed by atoms with Gasteiger partial charge in [0.1, 0.15) is 0 Å². The Bertz CT molecular complexity index is 533. The van der Waals surface area contributed by atoms with Crippen molar-refractivity contribution in [2.45, 2.75) is 32.9 Å². The van der Waals surface area contributed by atoms with Crippen molar-refractivity contribution in [1.29, 1.82) is 0 Å². The third kappa shape index (κ3) is 5.41. The van der Waals surface area contributed by atoms with E-state index in [4.69, 9.17) is 0 Å². The zero-order valence-electron chi connectivity index (χ0n) is 13.8. The number of urea groups is 1. The molecule has 1 aromatic rings. The van der Waals surface area contributed by atoms with Crippen molar-refractivity contribution in [2.24, 2.45) is 0 Å². The Morgan fingerprint density at radius 3 is 2.48 bits per heavy atom. The number of piperazine rings is 1. The first kappa shape index (κ1) is 19.3. The number of nitrogens with one attached hydrogen (secondary N) is 3. The van der Waals surface area contributed by atoms with Crippen LogP contribution in [-0.2, 0) is 0 Å². The molecule has 3 amide bonds. The maximum absolute atomic E-state index is 12.5. The van der Waals surface area contributed by atoms with Crippen LogP contribution in [0.15, 0.2) is 24.3 Å². The first-order chi connectivity index (χ1) is 10.5. The van der Waals surface area contributed by atoms with E-state index in [1.807, 2.05) is 25.7 Å². The van der Waals surface area contributed by atoms with Crippen molar-refractivity contribution in [2.75, 3.05) is 25.0 Å². The Labute approximate surface area is 143 Å². The minimum Gasteiger partial charge on any atom is -0.336 e. The second kappa shape index (κ2) is 8.74. The predicted molar refractivity (Wildman–Crippen MR) is 94.3 cm³/mol. The van der Waals surface area contributed by atoms with Gasteiger partial charge >= 0.3 is 6.03 Å². The lowest BCUT2D eigenvalue weighted by Crippen LogP contribution is -2.52. The smallest absolute Gasteiger partial charge is 0.319 e. The lowest BCUT2D eigenvalue weighted by Gasteiger charge is -2.34. The number of carbonyl (C=O) groups is 2. The molecule has 0 bridgehead atoms. The molecule has 2 rings (SSSR count). The van der Waals surface area contributed by atoms with E-state index in [0.29, 0.717) is 11.3 Å². The van der Waals surface area contributed by atoms with Gasteiger partial charge in [-0.1, -0.05) is 0 Å². The molecule has 0 spiro atoms. The molecule has 0 aromatic heterocycles. The van der Waals surface area contributed by atoms with E-state index in [-0.39, 0.29) is 36.4 Å². The molecule has 0 aliphatic carbocycles. The molecule has 6 nitrogen and oxygen atoms in total. The standard InChI is InChI=1S/C16H24N4O2.ClH/c1-11(2)18-16(22)19-14-6-4-13(5-7-14)15(21)20-9-8-17-10-12(20)3;/h4-7,11-12,17H,8-10H2,1-3H3,(H2,18,19,22);1H/t12-;/m1./s1. The Kier molecular flexibility index (Phi) is 7.32. The fourth-order valence-corrected chi connectivity index (χ4v) is 2.43. The van der Waals surface area contributed by atoms with Gasteiger partial charge in [0.2, 0.25) is 0 Å². The summed E-state index contributed by atoms with van der Waals surface area (Å²) in [6.07, 6.45) is 0. The van der Waals surface area contributed by atoms with Crippen molar-refractivity contribution in [3.8, 4) is 0 Å². The Hall–Kier alpha value is -1.79. The van der Waals surface area contributed by atoms with E-state index in [9.17, 15) is 9.59 Å². The van der Waals surface area contributed by atoms with Gasteiger partial charge in [-0.3, -0.25) is 4.79 Å². The second-order valence-electron chi connectivity index (χ2n) is 5.88. The lowest BCUT2D eigenvalue weighted by molar-refractivity contribution is 0.0656. The van der Waals surface area contributed by atoms with E-state index in [1.54, 1.807) is 24.3 Å². The summed E-state index contributed by atoms with van der Waals surface area (Å²) >= 11 is 0. The monoisotopic (exact) mass is 340 g/mol. The first-order valence-electron chi connectivity index (χ1n) is 7.66. The van der Waals surface area contributed by atoms with Gasteiger partial charge in [-0.2, -0.15) is 0 Å². The summed E-state index contributed by atoms with van der Waals surface area (Å²) in [4.78, 5) is 26.0. The topological polar surface area (TPSA) is 73.5 Å². The Morgan fingerprint density at radius 2 is 1.91 bits per heavy atom. The van der Waals surface area contributed by atoms with E-state index in [2.05, 4.69) is 16.0 Å². The third-order valence-corrected chi connectivity index (χ3v) is 3.57. The maximum Gasteiger partial charge on any atom is 0.319 e. The van der Waals surface area contributed by atoms with Gasteiger partial charge < -0.3 is 20.9 Å². The second-order valence-corrected chi connectivity index (χ2v) is 5.88. The van der Waals surface area contributed by atoms with E-state index in [0.717, 1.165) is 19.6 Å². The number of halogens is 1. The van der Waals surface area contributed by atoms with Crippen LogP contribution in [0.2, 0.25) is 0 Å². The van der Waals surface area contributed by atoms with Crippen LogP contribution < -0.4 is 16.0 Å². The van der Waals surface area contributed by atoms with Gasteiger partial charge in [0, 0.05) is 43.0 Å². The van der Waals surface area contributed by atoms with Crippen molar-refractivity contribution in [3.05, 3.63) is 29.8 Å². The molecule has 1 fully saturated rings. The fourth-order valence-electron chi connectivity index (χ4n) is 2.43. The molecule has 1 aliphatic rings. The number of carbonyl (C=O) groups excluding carboxylic acids is 2. The molecular weight excluding hydrogens is 316 g/mol. The predicted octanol–water partition coefficient (Wildman–Crippen LogP) is 2.07. The lowest BCUT2D eigenvalue weighted by atomic mass is 10.1. The summed E-state index contributed by atoms with van der Waals surface area (Å²) in [6, 6.07) is 7.03. The molecule has 0 radical (unpaired) electrons. The number of rotatable bonds is 3. The van der Waals surface area contributed by atoms with Gasteiger partial charge in [-0.15, -0.1) is 12.4 Å². The van der Waals surface area contributed by atoms with Crippen molar-refractivity contribution in [1.82, 2.24) is 15.5 Å². The van der Waals surface area contributed by atoms with Gasteiger partial charge in [-0.25, -0.2) is 4.79 Å². The number of hydrogen-bond donors (Lipinski definition) is 3. The number of benzene rings is 1. The van der Waals surface area contributed by atoms with Gasteiger partial charge in [0.05, 0.1) is 0 Å². The van der Waals surface area contributed by atoms with Crippen LogP contribution in [0.25, 0.3) is 0 Å². The largest absolute Gasteiger partial charge is 0.336 e. The SMILES string of the molecule is CC(C)NC(=O)Nc1ccc(C(=O)N2CCNC[C@H]2C)cc1.Cl. The van der Waals surface area contributed by atoms with E-state index in [1.165, 1.54) is 0 Å². The highest BCUT2D eigenvalue weighted by atomic mass is 35.5.